The number of para-hydroxylation sites is 1. The molecule has 3 aromatic rings. The maximum absolute atomic E-state index is 12.0. The minimum Gasteiger partial charge on any atom is -0.459 e. The number of aryl methyl sites for hydroxylation is 1. The molecule has 2 heterocycles. The van der Waals surface area contributed by atoms with Gasteiger partial charge in [-0.05, 0) is 33.6 Å². The first kappa shape index (κ1) is 14.6. The van der Waals surface area contributed by atoms with Crippen molar-refractivity contribution in [3.05, 3.63) is 52.4 Å². The number of nitrogens with zero attached hydrogens (tertiary/aromatic N) is 4. The van der Waals surface area contributed by atoms with Crippen LogP contribution in [-0.4, -0.2) is 25.9 Å². The van der Waals surface area contributed by atoms with E-state index in [9.17, 15) is 4.79 Å². The first-order chi connectivity index (χ1) is 10.6. The Hall–Kier alpha value is -2.28. The molecule has 22 heavy (non-hydrogen) atoms. The molecule has 2 aromatic heterocycles. The van der Waals surface area contributed by atoms with Crippen LogP contribution < -0.4 is 0 Å². The van der Waals surface area contributed by atoms with Crippen LogP contribution in [0.3, 0.4) is 0 Å². The molecule has 0 atom stereocenters. The van der Waals surface area contributed by atoms with Gasteiger partial charge in [-0.25, -0.2) is 4.68 Å². The Morgan fingerprint density at radius 2 is 2.18 bits per heavy atom. The highest BCUT2D eigenvalue weighted by Crippen LogP contribution is 2.15. The van der Waals surface area contributed by atoms with E-state index in [0.29, 0.717) is 10.3 Å². The van der Waals surface area contributed by atoms with Crippen LogP contribution in [0.2, 0.25) is 0 Å². The third-order valence-corrected chi connectivity index (χ3v) is 3.88. The quantitative estimate of drug-likeness (QED) is 0.668. The van der Waals surface area contributed by atoms with Crippen LogP contribution in [-0.2, 0) is 29.6 Å². The molecular weight excluding hydrogens is 348 g/mol. The van der Waals surface area contributed by atoms with E-state index in [-0.39, 0.29) is 19.0 Å². The monoisotopic (exact) mass is 360 g/mol. The summed E-state index contributed by atoms with van der Waals surface area (Å²) >= 11 is 3.27. The van der Waals surface area contributed by atoms with Gasteiger partial charge in [0.2, 0.25) is 0 Å². The number of pyridine rings is 1. The van der Waals surface area contributed by atoms with Gasteiger partial charge in [0.1, 0.15) is 12.3 Å². The Bertz CT molecular complexity index is 812. The molecular formula is C15H13BrN4O2. The Labute approximate surface area is 135 Å². The molecule has 7 heteroatoms. The number of benzene rings is 1. The molecule has 0 unspecified atom stereocenters. The lowest BCUT2D eigenvalue weighted by Crippen LogP contribution is -2.10. The van der Waals surface area contributed by atoms with Crippen LogP contribution in [0.5, 0.6) is 0 Å². The molecule has 3 rings (SSSR count). The highest BCUT2D eigenvalue weighted by molar-refractivity contribution is 9.10. The normalized spacial score (nSPS) is 10.8. The predicted octanol–water partition coefficient (Wildman–Crippen LogP) is 2.41. The first-order valence-electron chi connectivity index (χ1n) is 6.67. The van der Waals surface area contributed by atoms with E-state index in [1.54, 1.807) is 17.9 Å². The molecule has 0 spiro atoms. The summed E-state index contributed by atoms with van der Waals surface area (Å²) in [6, 6.07) is 9.73. The van der Waals surface area contributed by atoms with E-state index in [2.05, 4.69) is 31.2 Å². The van der Waals surface area contributed by atoms with Crippen molar-refractivity contribution in [1.82, 2.24) is 20.0 Å². The number of esters is 1. The average molecular weight is 361 g/mol. The number of aromatic nitrogens is 4. The van der Waals surface area contributed by atoms with Crippen molar-refractivity contribution >= 4 is 32.8 Å². The number of carbonyl (C=O) groups is 1. The topological polar surface area (TPSA) is 69.9 Å². The highest BCUT2D eigenvalue weighted by Gasteiger charge is 2.12. The fourth-order valence-electron chi connectivity index (χ4n) is 2.08. The average Bonchev–Trinajstić information content (AvgIpc) is 2.84. The maximum atomic E-state index is 12.0. The molecule has 0 fully saturated rings. The number of ether oxygens (including phenoxy) is 1. The number of hydrogen-bond donors (Lipinski definition) is 0. The van der Waals surface area contributed by atoms with Crippen LogP contribution in [0, 0.1) is 0 Å². The first-order valence-corrected chi connectivity index (χ1v) is 7.46. The second kappa shape index (κ2) is 6.23. The van der Waals surface area contributed by atoms with Gasteiger partial charge in [-0.2, -0.15) is 0 Å². The highest BCUT2D eigenvalue weighted by atomic mass is 79.9. The molecule has 6 nitrogen and oxygen atoms in total. The second-order valence-electron chi connectivity index (χ2n) is 4.82. The van der Waals surface area contributed by atoms with Gasteiger partial charge in [0.15, 0.2) is 4.60 Å². The molecule has 1 aromatic carbocycles. The molecule has 0 bridgehead atoms. The number of carbonyl (C=O) groups excluding carboxylic acids is 1. The van der Waals surface area contributed by atoms with Crippen LogP contribution in [0.25, 0.3) is 10.9 Å². The zero-order chi connectivity index (χ0) is 15.5. The smallest absolute Gasteiger partial charge is 0.310 e. The lowest BCUT2D eigenvalue weighted by molar-refractivity contribution is -0.144. The Balaban J connectivity index is 1.65. The van der Waals surface area contributed by atoms with Crippen molar-refractivity contribution in [1.29, 1.82) is 0 Å². The number of halogens is 1. The standard InChI is InChI=1S/C15H13BrN4O2/c1-20-13(15(16)18-19-20)9-22-14(21)7-10-6-11-4-2-3-5-12(11)17-8-10/h2-6,8H,7,9H2,1H3. The van der Waals surface area contributed by atoms with Gasteiger partial charge in [-0.1, -0.05) is 23.4 Å². The Kier molecular flexibility index (Phi) is 4.15. The number of hydrogen-bond acceptors (Lipinski definition) is 5. The fourth-order valence-corrected chi connectivity index (χ4v) is 2.53. The van der Waals surface area contributed by atoms with Gasteiger partial charge in [0.05, 0.1) is 11.9 Å². The summed E-state index contributed by atoms with van der Waals surface area (Å²) in [6.45, 7) is 0.129. The van der Waals surface area contributed by atoms with Gasteiger partial charge >= 0.3 is 5.97 Å². The summed E-state index contributed by atoms with van der Waals surface area (Å²) in [7, 11) is 1.74. The van der Waals surface area contributed by atoms with E-state index in [1.165, 1.54) is 0 Å². The SMILES string of the molecule is Cn1nnc(Br)c1COC(=O)Cc1cnc2ccccc2c1. The molecule has 0 aliphatic heterocycles. The van der Waals surface area contributed by atoms with Gasteiger partial charge < -0.3 is 4.74 Å². The summed E-state index contributed by atoms with van der Waals surface area (Å²) < 4.78 is 7.41. The van der Waals surface area contributed by atoms with E-state index in [1.807, 2.05) is 30.3 Å². The largest absolute Gasteiger partial charge is 0.459 e. The lowest BCUT2D eigenvalue weighted by atomic mass is 10.1. The Morgan fingerprint density at radius 3 is 2.95 bits per heavy atom. The van der Waals surface area contributed by atoms with Gasteiger partial charge in [-0.15, -0.1) is 5.10 Å². The summed E-state index contributed by atoms with van der Waals surface area (Å²) in [5.41, 5.74) is 2.44. The van der Waals surface area contributed by atoms with Crippen LogP contribution in [0.15, 0.2) is 41.1 Å². The minimum atomic E-state index is -0.315. The molecule has 0 aliphatic carbocycles. The summed E-state index contributed by atoms with van der Waals surface area (Å²) in [4.78, 5) is 16.3. The van der Waals surface area contributed by atoms with Crippen molar-refractivity contribution in [2.45, 2.75) is 13.0 Å². The van der Waals surface area contributed by atoms with Crippen molar-refractivity contribution in [2.75, 3.05) is 0 Å². The fraction of sp³-hybridized carbons (Fsp3) is 0.200. The summed E-state index contributed by atoms with van der Waals surface area (Å²) in [5, 5.41) is 8.68. The molecule has 0 N–H and O–H groups in total. The van der Waals surface area contributed by atoms with E-state index in [4.69, 9.17) is 4.74 Å². The predicted molar refractivity (Wildman–Crippen MR) is 83.9 cm³/mol. The molecule has 0 saturated heterocycles. The van der Waals surface area contributed by atoms with E-state index < -0.39 is 0 Å². The van der Waals surface area contributed by atoms with Crippen molar-refractivity contribution in [3.63, 3.8) is 0 Å². The molecule has 0 aliphatic rings. The third kappa shape index (κ3) is 3.14. The lowest BCUT2D eigenvalue weighted by Gasteiger charge is -2.06. The van der Waals surface area contributed by atoms with Crippen LogP contribution >= 0.6 is 15.9 Å². The van der Waals surface area contributed by atoms with Gasteiger partial charge in [-0.3, -0.25) is 9.78 Å². The van der Waals surface area contributed by atoms with E-state index >= 15 is 0 Å². The second-order valence-corrected chi connectivity index (χ2v) is 5.58. The zero-order valence-electron chi connectivity index (χ0n) is 11.9. The molecule has 112 valence electrons. The Morgan fingerprint density at radius 1 is 1.36 bits per heavy atom. The van der Waals surface area contributed by atoms with Crippen molar-refractivity contribution < 1.29 is 9.53 Å². The molecule has 0 amide bonds. The molecule has 0 radical (unpaired) electrons. The maximum Gasteiger partial charge on any atom is 0.310 e. The van der Waals surface area contributed by atoms with Crippen LogP contribution in [0.1, 0.15) is 11.3 Å². The minimum absolute atomic E-state index is 0.129. The summed E-state index contributed by atoms with van der Waals surface area (Å²) in [6.07, 6.45) is 1.88. The molecule has 0 saturated carbocycles. The van der Waals surface area contributed by atoms with Crippen LogP contribution in [0.4, 0.5) is 0 Å². The van der Waals surface area contributed by atoms with Crippen molar-refractivity contribution in [3.8, 4) is 0 Å². The third-order valence-electron chi connectivity index (χ3n) is 3.26. The van der Waals surface area contributed by atoms with E-state index in [0.717, 1.165) is 16.5 Å². The summed E-state index contributed by atoms with van der Waals surface area (Å²) in [5.74, 6) is -0.315. The van der Waals surface area contributed by atoms with Gasteiger partial charge in [0, 0.05) is 18.6 Å². The zero-order valence-corrected chi connectivity index (χ0v) is 13.4. The van der Waals surface area contributed by atoms with Gasteiger partial charge in [0.25, 0.3) is 0 Å². The van der Waals surface area contributed by atoms with Crippen molar-refractivity contribution in [2.24, 2.45) is 7.05 Å². The number of fused-ring (bicyclic) bond motifs is 1. The number of rotatable bonds is 4.